The van der Waals surface area contributed by atoms with Crippen molar-refractivity contribution in [3.8, 4) is 0 Å². The zero-order chi connectivity index (χ0) is 14.1. The van der Waals surface area contributed by atoms with Crippen LogP contribution in [-0.4, -0.2) is 36.2 Å². The van der Waals surface area contributed by atoms with E-state index in [1.807, 2.05) is 37.3 Å². The van der Waals surface area contributed by atoms with Gasteiger partial charge < -0.3 is 21.1 Å². The quantitative estimate of drug-likeness (QED) is 0.597. The predicted octanol–water partition coefficient (Wildman–Crippen LogP) is 1.26. The van der Waals surface area contributed by atoms with Crippen LogP contribution in [0.15, 0.2) is 30.3 Å². The van der Waals surface area contributed by atoms with Crippen molar-refractivity contribution in [2.24, 2.45) is 0 Å². The summed E-state index contributed by atoms with van der Waals surface area (Å²) in [5.74, 6) is -0.931. The van der Waals surface area contributed by atoms with Gasteiger partial charge in [-0.05, 0) is 19.1 Å². The summed E-state index contributed by atoms with van der Waals surface area (Å²) in [6.45, 7) is 2.59. The molecule has 0 aromatic heterocycles. The largest absolute Gasteiger partial charge is 0.481 e. The van der Waals surface area contributed by atoms with Gasteiger partial charge in [-0.2, -0.15) is 0 Å². The topological polar surface area (TPSA) is 90.5 Å². The maximum atomic E-state index is 11.4. The molecule has 0 heterocycles. The predicted molar refractivity (Wildman–Crippen MR) is 73.2 cm³/mol. The van der Waals surface area contributed by atoms with Crippen LogP contribution in [0, 0.1) is 0 Å². The number of carboxylic acid groups (broad SMARTS) is 1. The number of aliphatic carboxylic acids is 1. The number of benzene rings is 1. The van der Waals surface area contributed by atoms with Crippen molar-refractivity contribution < 1.29 is 14.7 Å². The van der Waals surface area contributed by atoms with E-state index in [0.29, 0.717) is 6.54 Å². The maximum Gasteiger partial charge on any atom is 0.315 e. The lowest BCUT2D eigenvalue weighted by molar-refractivity contribution is -0.136. The third-order valence-corrected chi connectivity index (χ3v) is 2.39. The molecule has 1 aromatic rings. The fraction of sp³-hybridized carbons (Fsp3) is 0.385. The van der Waals surface area contributed by atoms with E-state index in [-0.39, 0.29) is 25.0 Å². The van der Waals surface area contributed by atoms with E-state index >= 15 is 0 Å². The van der Waals surface area contributed by atoms with Crippen molar-refractivity contribution >= 4 is 17.7 Å². The number of carbonyl (C=O) groups is 2. The number of nitrogens with one attached hydrogen (secondary N) is 3. The van der Waals surface area contributed by atoms with Crippen LogP contribution in [0.25, 0.3) is 0 Å². The van der Waals surface area contributed by atoms with Crippen LogP contribution in [-0.2, 0) is 4.79 Å². The molecule has 19 heavy (non-hydrogen) atoms. The van der Waals surface area contributed by atoms with Crippen LogP contribution < -0.4 is 16.0 Å². The highest BCUT2D eigenvalue weighted by atomic mass is 16.4. The number of hydrogen-bond acceptors (Lipinski definition) is 3. The number of rotatable bonds is 7. The lowest BCUT2D eigenvalue weighted by Gasteiger charge is -2.15. The highest BCUT2D eigenvalue weighted by molar-refractivity contribution is 5.75. The van der Waals surface area contributed by atoms with Crippen molar-refractivity contribution in [2.45, 2.75) is 19.4 Å². The molecular weight excluding hydrogens is 246 g/mol. The highest BCUT2D eigenvalue weighted by Crippen LogP contribution is 2.04. The molecule has 104 valence electrons. The molecule has 0 aliphatic carbocycles. The number of carbonyl (C=O) groups excluding carboxylic acids is 1. The molecule has 0 spiro atoms. The molecule has 0 aliphatic rings. The van der Waals surface area contributed by atoms with E-state index < -0.39 is 5.97 Å². The van der Waals surface area contributed by atoms with Crippen LogP contribution in [0.4, 0.5) is 10.5 Å². The minimum Gasteiger partial charge on any atom is -0.481 e. The summed E-state index contributed by atoms with van der Waals surface area (Å²) in [4.78, 5) is 21.7. The van der Waals surface area contributed by atoms with Gasteiger partial charge in [0.05, 0.1) is 6.42 Å². The number of anilines is 1. The van der Waals surface area contributed by atoms with E-state index in [0.717, 1.165) is 5.69 Å². The van der Waals surface area contributed by atoms with Gasteiger partial charge in [0.2, 0.25) is 0 Å². The third kappa shape index (κ3) is 6.92. The lowest BCUT2D eigenvalue weighted by Crippen LogP contribution is -2.44. The summed E-state index contributed by atoms with van der Waals surface area (Å²) >= 11 is 0. The Balaban J connectivity index is 2.18. The average molecular weight is 265 g/mol. The van der Waals surface area contributed by atoms with Crippen LogP contribution in [0.2, 0.25) is 0 Å². The van der Waals surface area contributed by atoms with Crippen molar-refractivity contribution in [1.29, 1.82) is 0 Å². The molecule has 6 nitrogen and oxygen atoms in total. The number of amides is 2. The molecule has 0 radical (unpaired) electrons. The van der Waals surface area contributed by atoms with Crippen molar-refractivity contribution in [3.63, 3.8) is 0 Å². The Morgan fingerprint density at radius 3 is 2.58 bits per heavy atom. The van der Waals surface area contributed by atoms with Crippen molar-refractivity contribution in [3.05, 3.63) is 30.3 Å². The van der Waals surface area contributed by atoms with Gasteiger partial charge in [0.1, 0.15) is 0 Å². The molecule has 4 N–H and O–H groups in total. The molecule has 0 saturated heterocycles. The summed E-state index contributed by atoms with van der Waals surface area (Å²) in [6.07, 6.45) is -0.0793. The lowest BCUT2D eigenvalue weighted by atomic mass is 10.3. The summed E-state index contributed by atoms with van der Waals surface area (Å²) in [5, 5.41) is 16.8. The van der Waals surface area contributed by atoms with Gasteiger partial charge >= 0.3 is 12.0 Å². The van der Waals surface area contributed by atoms with Crippen LogP contribution in [0.1, 0.15) is 13.3 Å². The average Bonchev–Trinajstić information content (AvgIpc) is 2.37. The number of para-hydroxylation sites is 1. The molecule has 0 bridgehead atoms. The van der Waals surface area contributed by atoms with Gasteiger partial charge in [0, 0.05) is 24.8 Å². The van der Waals surface area contributed by atoms with Gasteiger partial charge in [-0.25, -0.2) is 4.79 Å². The number of hydrogen-bond donors (Lipinski definition) is 4. The SMILES string of the molecule is CC(CNc1ccccc1)NC(=O)NCCC(=O)O. The van der Waals surface area contributed by atoms with E-state index in [1.54, 1.807) is 0 Å². The smallest absolute Gasteiger partial charge is 0.315 e. The van der Waals surface area contributed by atoms with E-state index in [2.05, 4.69) is 16.0 Å². The van der Waals surface area contributed by atoms with Gasteiger partial charge in [-0.3, -0.25) is 4.79 Å². The number of urea groups is 1. The van der Waals surface area contributed by atoms with Gasteiger partial charge in [0.15, 0.2) is 0 Å². The zero-order valence-corrected chi connectivity index (χ0v) is 10.8. The molecule has 1 unspecified atom stereocenters. The Bertz CT molecular complexity index is 409. The fourth-order valence-corrected chi connectivity index (χ4v) is 1.44. The van der Waals surface area contributed by atoms with Gasteiger partial charge in [-0.15, -0.1) is 0 Å². The Kier molecular flexibility index (Phi) is 6.21. The monoisotopic (exact) mass is 265 g/mol. The zero-order valence-electron chi connectivity index (χ0n) is 10.8. The molecule has 1 rings (SSSR count). The highest BCUT2D eigenvalue weighted by Gasteiger charge is 2.06. The van der Waals surface area contributed by atoms with E-state index in [1.165, 1.54) is 0 Å². The summed E-state index contributed by atoms with van der Waals surface area (Å²) in [7, 11) is 0. The molecule has 0 aliphatic heterocycles. The van der Waals surface area contributed by atoms with Gasteiger partial charge in [-0.1, -0.05) is 18.2 Å². The second-order valence-electron chi connectivity index (χ2n) is 4.19. The van der Waals surface area contributed by atoms with Crippen LogP contribution in [0.3, 0.4) is 0 Å². The molecule has 0 fully saturated rings. The second kappa shape index (κ2) is 7.97. The third-order valence-electron chi connectivity index (χ3n) is 2.39. The van der Waals surface area contributed by atoms with E-state index in [4.69, 9.17) is 5.11 Å². The van der Waals surface area contributed by atoms with Crippen LogP contribution in [0.5, 0.6) is 0 Å². The summed E-state index contributed by atoms with van der Waals surface area (Å²) in [6, 6.07) is 9.26. The minimum atomic E-state index is -0.931. The Morgan fingerprint density at radius 2 is 1.95 bits per heavy atom. The summed E-state index contributed by atoms with van der Waals surface area (Å²) < 4.78 is 0. The summed E-state index contributed by atoms with van der Waals surface area (Å²) in [5.41, 5.74) is 0.988. The van der Waals surface area contributed by atoms with Gasteiger partial charge in [0.25, 0.3) is 0 Å². The fourth-order valence-electron chi connectivity index (χ4n) is 1.44. The van der Waals surface area contributed by atoms with Crippen molar-refractivity contribution in [1.82, 2.24) is 10.6 Å². The van der Waals surface area contributed by atoms with E-state index in [9.17, 15) is 9.59 Å². The molecule has 0 saturated carbocycles. The minimum absolute atomic E-state index is 0.0648. The number of carboxylic acids is 1. The molecule has 6 heteroatoms. The Labute approximate surface area is 112 Å². The first-order valence-corrected chi connectivity index (χ1v) is 6.13. The standard InChI is InChI=1S/C13H19N3O3/c1-10(9-15-11-5-3-2-4-6-11)16-13(19)14-8-7-12(17)18/h2-6,10,15H,7-9H2,1H3,(H,17,18)(H2,14,16,19). The normalized spacial score (nSPS) is 11.4. The molecule has 1 atom stereocenters. The maximum absolute atomic E-state index is 11.4. The van der Waals surface area contributed by atoms with Crippen LogP contribution >= 0.6 is 0 Å². The Hall–Kier alpha value is -2.24. The molecule has 2 amide bonds. The second-order valence-corrected chi connectivity index (χ2v) is 4.19. The Morgan fingerprint density at radius 1 is 1.26 bits per heavy atom. The molecule has 1 aromatic carbocycles. The van der Waals surface area contributed by atoms with Crippen molar-refractivity contribution in [2.75, 3.05) is 18.4 Å². The first kappa shape index (κ1) is 14.8. The molecular formula is C13H19N3O3. The first-order valence-electron chi connectivity index (χ1n) is 6.13. The first-order chi connectivity index (χ1) is 9.08.